The SMILES string of the molecule is CCONC(=O)[C@@H](CCSC)NS(=O)(=O)c1cc(C(F)(F)F)ccc1Cl. The van der Waals surface area contributed by atoms with Crippen molar-refractivity contribution in [2.45, 2.75) is 30.5 Å². The Kier molecular flexibility index (Phi) is 8.67. The first kappa shape index (κ1) is 23.0. The largest absolute Gasteiger partial charge is 0.416 e. The molecule has 0 spiro atoms. The first-order valence-electron chi connectivity index (χ1n) is 7.32. The maximum atomic E-state index is 12.8. The average Bonchev–Trinajstić information content (AvgIpc) is 2.55. The molecular weight excluding hydrogens is 417 g/mol. The molecule has 1 aromatic carbocycles. The number of carbonyl (C=O) groups excluding carboxylic acids is 1. The predicted molar refractivity (Wildman–Crippen MR) is 93.3 cm³/mol. The molecule has 0 fully saturated rings. The van der Waals surface area contributed by atoms with Gasteiger partial charge in [0, 0.05) is 0 Å². The summed E-state index contributed by atoms with van der Waals surface area (Å²) < 4.78 is 65.6. The summed E-state index contributed by atoms with van der Waals surface area (Å²) in [6.45, 7) is 1.77. The van der Waals surface area contributed by atoms with Crippen LogP contribution in [0.3, 0.4) is 0 Å². The van der Waals surface area contributed by atoms with Crippen LogP contribution in [-0.4, -0.2) is 39.0 Å². The van der Waals surface area contributed by atoms with E-state index in [2.05, 4.69) is 10.2 Å². The van der Waals surface area contributed by atoms with Crippen LogP contribution in [0.1, 0.15) is 18.9 Å². The van der Waals surface area contributed by atoms with Gasteiger partial charge in [0.15, 0.2) is 0 Å². The minimum Gasteiger partial charge on any atom is -0.274 e. The third-order valence-electron chi connectivity index (χ3n) is 3.09. The molecule has 0 saturated carbocycles. The van der Waals surface area contributed by atoms with Crippen LogP contribution in [-0.2, 0) is 25.8 Å². The summed E-state index contributed by atoms with van der Waals surface area (Å²) in [7, 11) is -4.48. The Morgan fingerprint density at radius 1 is 1.38 bits per heavy atom. The van der Waals surface area contributed by atoms with Crippen LogP contribution in [0.25, 0.3) is 0 Å². The quantitative estimate of drug-likeness (QED) is 0.584. The van der Waals surface area contributed by atoms with Gasteiger partial charge in [-0.2, -0.15) is 29.7 Å². The molecule has 12 heteroatoms. The van der Waals surface area contributed by atoms with Crippen molar-refractivity contribution < 1.29 is 31.2 Å². The number of rotatable bonds is 9. The van der Waals surface area contributed by atoms with Crippen LogP contribution >= 0.6 is 23.4 Å². The van der Waals surface area contributed by atoms with E-state index in [0.29, 0.717) is 17.9 Å². The van der Waals surface area contributed by atoms with Gasteiger partial charge in [-0.25, -0.2) is 13.9 Å². The van der Waals surface area contributed by atoms with Crippen LogP contribution in [0, 0.1) is 0 Å². The Labute approximate surface area is 158 Å². The number of hydroxylamine groups is 1. The van der Waals surface area contributed by atoms with Crippen LogP contribution in [0.2, 0.25) is 5.02 Å². The van der Waals surface area contributed by atoms with E-state index < -0.39 is 38.6 Å². The van der Waals surface area contributed by atoms with Crippen LogP contribution in [0.5, 0.6) is 0 Å². The topological polar surface area (TPSA) is 84.5 Å². The number of alkyl halides is 3. The highest BCUT2D eigenvalue weighted by Crippen LogP contribution is 2.33. The molecule has 0 aliphatic heterocycles. The highest BCUT2D eigenvalue weighted by Gasteiger charge is 2.34. The van der Waals surface area contributed by atoms with Crippen LogP contribution < -0.4 is 10.2 Å². The fourth-order valence-electron chi connectivity index (χ4n) is 1.83. The molecule has 0 aliphatic rings. The molecule has 0 aliphatic carbocycles. The van der Waals surface area contributed by atoms with Gasteiger partial charge in [0.1, 0.15) is 10.9 Å². The molecule has 1 amide bonds. The maximum absolute atomic E-state index is 12.8. The molecule has 1 atom stereocenters. The molecule has 6 nitrogen and oxygen atoms in total. The summed E-state index contributed by atoms with van der Waals surface area (Å²) in [6, 6.07) is 0.714. The molecule has 0 radical (unpaired) electrons. The van der Waals surface area contributed by atoms with Crippen molar-refractivity contribution in [3.8, 4) is 0 Å². The van der Waals surface area contributed by atoms with E-state index in [4.69, 9.17) is 16.4 Å². The van der Waals surface area contributed by atoms with Crippen molar-refractivity contribution in [1.82, 2.24) is 10.2 Å². The molecule has 0 saturated heterocycles. The number of halogens is 4. The Morgan fingerprint density at radius 2 is 2.04 bits per heavy atom. The van der Waals surface area contributed by atoms with Gasteiger partial charge in [0.2, 0.25) is 10.0 Å². The lowest BCUT2D eigenvalue weighted by Gasteiger charge is -2.19. The van der Waals surface area contributed by atoms with Crippen molar-refractivity contribution in [1.29, 1.82) is 0 Å². The van der Waals surface area contributed by atoms with E-state index in [0.717, 1.165) is 6.07 Å². The van der Waals surface area contributed by atoms with Gasteiger partial charge in [-0.1, -0.05) is 11.6 Å². The zero-order valence-corrected chi connectivity index (χ0v) is 16.3. The summed E-state index contributed by atoms with van der Waals surface area (Å²) in [5.74, 6) is -0.323. The van der Waals surface area contributed by atoms with Crippen molar-refractivity contribution in [3.05, 3.63) is 28.8 Å². The van der Waals surface area contributed by atoms with E-state index in [1.54, 1.807) is 13.2 Å². The number of amides is 1. The smallest absolute Gasteiger partial charge is 0.274 e. The molecule has 0 bridgehead atoms. The van der Waals surface area contributed by atoms with E-state index in [9.17, 15) is 26.4 Å². The molecule has 148 valence electrons. The second-order valence-corrected chi connectivity index (χ2v) is 8.07. The maximum Gasteiger partial charge on any atom is 0.416 e. The monoisotopic (exact) mass is 434 g/mol. The van der Waals surface area contributed by atoms with Crippen LogP contribution in [0.15, 0.2) is 23.1 Å². The lowest BCUT2D eigenvalue weighted by Crippen LogP contribution is -2.47. The van der Waals surface area contributed by atoms with Gasteiger partial charge in [-0.3, -0.25) is 9.63 Å². The first-order chi connectivity index (χ1) is 12.0. The number of sulfonamides is 1. The molecule has 1 rings (SSSR count). The predicted octanol–water partition coefficient (Wildman–Crippen LogP) is 2.83. The molecule has 0 unspecified atom stereocenters. The Hall–Kier alpha value is -1.01. The van der Waals surface area contributed by atoms with E-state index >= 15 is 0 Å². The average molecular weight is 435 g/mol. The molecule has 26 heavy (non-hydrogen) atoms. The standard InChI is InChI=1S/C14H18ClF3N2O4S2/c1-3-24-19-13(21)11(6-7-25-2)20-26(22,23)12-8-9(14(16,17)18)4-5-10(12)15/h4-5,8,11,20H,3,6-7H2,1-2H3,(H,19,21)/t11-/m1/s1. The van der Waals surface area contributed by atoms with Gasteiger partial charge >= 0.3 is 6.18 Å². The lowest BCUT2D eigenvalue weighted by atomic mass is 10.2. The van der Waals surface area contributed by atoms with E-state index in [1.165, 1.54) is 11.8 Å². The van der Waals surface area contributed by atoms with E-state index in [1.807, 2.05) is 0 Å². The lowest BCUT2D eigenvalue weighted by molar-refractivity contribution is -0.138. The number of carbonyl (C=O) groups is 1. The fraction of sp³-hybridized carbons (Fsp3) is 0.500. The van der Waals surface area contributed by atoms with Crippen molar-refractivity contribution in [2.75, 3.05) is 18.6 Å². The summed E-state index contributed by atoms with van der Waals surface area (Å²) in [5, 5.41) is -0.390. The zero-order valence-electron chi connectivity index (χ0n) is 13.9. The van der Waals surface area contributed by atoms with Crippen molar-refractivity contribution in [3.63, 3.8) is 0 Å². The fourth-order valence-corrected chi connectivity index (χ4v) is 4.06. The Bertz CT molecular complexity index is 729. The summed E-state index contributed by atoms with van der Waals surface area (Å²) in [4.78, 5) is 16.0. The minimum absolute atomic E-state index is 0.107. The second-order valence-electron chi connectivity index (χ2n) is 5.00. The van der Waals surface area contributed by atoms with Gasteiger partial charge in [-0.15, -0.1) is 0 Å². The molecule has 2 N–H and O–H groups in total. The summed E-state index contributed by atoms with van der Waals surface area (Å²) in [5.41, 5.74) is 0.912. The second kappa shape index (κ2) is 9.79. The van der Waals surface area contributed by atoms with Gasteiger partial charge < -0.3 is 0 Å². The number of nitrogens with one attached hydrogen (secondary N) is 2. The molecule has 0 heterocycles. The third kappa shape index (κ3) is 6.62. The Morgan fingerprint density at radius 3 is 2.58 bits per heavy atom. The summed E-state index contributed by atoms with van der Waals surface area (Å²) >= 11 is 7.14. The first-order valence-corrected chi connectivity index (χ1v) is 10.6. The van der Waals surface area contributed by atoms with Gasteiger partial charge in [0.05, 0.1) is 17.2 Å². The highest BCUT2D eigenvalue weighted by molar-refractivity contribution is 7.98. The molecule has 0 aromatic heterocycles. The Balaban J connectivity index is 3.15. The summed E-state index contributed by atoms with van der Waals surface area (Å²) in [6.07, 6.45) is -2.87. The molecular formula is C14H18ClF3N2O4S2. The highest BCUT2D eigenvalue weighted by atomic mass is 35.5. The van der Waals surface area contributed by atoms with E-state index in [-0.39, 0.29) is 18.1 Å². The van der Waals surface area contributed by atoms with Crippen molar-refractivity contribution in [2.24, 2.45) is 0 Å². The van der Waals surface area contributed by atoms with Crippen LogP contribution in [0.4, 0.5) is 13.2 Å². The van der Waals surface area contributed by atoms with Crippen molar-refractivity contribution >= 4 is 39.3 Å². The third-order valence-corrected chi connectivity index (χ3v) is 5.69. The minimum atomic E-state index is -4.74. The van der Waals surface area contributed by atoms with Gasteiger partial charge in [0.25, 0.3) is 5.91 Å². The van der Waals surface area contributed by atoms with Gasteiger partial charge in [-0.05, 0) is 43.6 Å². The number of benzene rings is 1. The normalized spacial score (nSPS) is 13.5. The molecule has 1 aromatic rings. The number of hydrogen-bond donors (Lipinski definition) is 2. The number of hydrogen-bond acceptors (Lipinski definition) is 5. The number of thioether (sulfide) groups is 1. The zero-order chi connectivity index (χ0) is 20.0.